The number of rotatable bonds is 8. The van der Waals surface area contributed by atoms with Crippen LogP contribution in [0.4, 0.5) is 5.69 Å². The lowest BCUT2D eigenvalue weighted by Crippen LogP contribution is -2.27. The van der Waals surface area contributed by atoms with Gasteiger partial charge in [0.15, 0.2) is 0 Å². The van der Waals surface area contributed by atoms with Crippen molar-refractivity contribution in [1.29, 1.82) is 0 Å². The molecule has 3 atom stereocenters. The molecule has 0 aromatic heterocycles. The van der Waals surface area contributed by atoms with Crippen molar-refractivity contribution in [1.82, 2.24) is 5.32 Å². The molecule has 0 fully saturated rings. The zero-order valence-corrected chi connectivity index (χ0v) is 13.6. The molecular weight excluding hydrogens is 248 g/mol. The van der Waals surface area contributed by atoms with Gasteiger partial charge in [-0.1, -0.05) is 26.0 Å². The van der Waals surface area contributed by atoms with E-state index in [2.05, 4.69) is 62.4 Å². The molecule has 3 heteroatoms. The molecule has 20 heavy (non-hydrogen) atoms. The second-order valence-corrected chi connectivity index (χ2v) is 6.04. The van der Waals surface area contributed by atoms with E-state index in [9.17, 15) is 5.11 Å². The van der Waals surface area contributed by atoms with Gasteiger partial charge in [-0.25, -0.2) is 0 Å². The van der Waals surface area contributed by atoms with E-state index < -0.39 is 0 Å². The fourth-order valence-corrected chi connectivity index (χ4v) is 2.51. The molecule has 114 valence electrons. The molecule has 0 spiro atoms. The molecule has 0 saturated carbocycles. The van der Waals surface area contributed by atoms with Crippen LogP contribution in [0.5, 0.6) is 0 Å². The molecule has 0 radical (unpaired) electrons. The summed E-state index contributed by atoms with van der Waals surface area (Å²) < 4.78 is 0. The van der Waals surface area contributed by atoms with E-state index in [0.717, 1.165) is 19.4 Å². The van der Waals surface area contributed by atoms with Crippen LogP contribution in [0.1, 0.15) is 45.2 Å². The topological polar surface area (TPSA) is 35.5 Å². The minimum absolute atomic E-state index is 0.216. The Balaban J connectivity index is 2.57. The molecule has 2 N–H and O–H groups in total. The average molecular weight is 278 g/mol. The van der Waals surface area contributed by atoms with Crippen LogP contribution in [0.15, 0.2) is 24.3 Å². The van der Waals surface area contributed by atoms with Crippen LogP contribution >= 0.6 is 0 Å². The normalized spacial score (nSPS) is 15.7. The van der Waals surface area contributed by atoms with Gasteiger partial charge in [0.05, 0.1) is 6.10 Å². The van der Waals surface area contributed by atoms with Crippen molar-refractivity contribution < 1.29 is 5.11 Å². The number of aliphatic hydroxyl groups is 1. The van der Waals surface area contributed by atoms with Gasteiger partial charge in [-0.05, 0) is 49.9 Å². The summed E-state index contributed by atoms with van der Waals surface area (Å²) in [5.41, 5.74) is 2.56. The molecule has 0 aliphatic rings. The van der Waals surface area contributed by atoms with Crippen LogP contribution < -0.4 is 10.2 Å². The Hall–Kier alpha value is -1.06. The van der Waals surface area contributed by atoms with Crippen molar-refractivity contribution in [3.05, 3.63) is 29.8 Å². The Morgan fingerprint density at radius 3 is 2.20 bits per heavy atom. The van der Waals surface area contributed by atoms with Crippen LogP contribution in [-0.2, 0) is 0 Å². The van der Waals surface area contributed by atoms with Gasteiger partial charge in [0.2, 0.25) is 0 Å². The molecule has 1 aromatic carbocycles. The van der Waals surface area contributed by atoms with E-state index in [-0.39, 0.29) is 6.10 Å². The number of nitrogens with one attached hydrogen (secondary N) is 1. The quantitative estimate of drug-likeness (QED) is 0.766. The highest BCUT2D eigenvalue weighted by Crippen LogP contribution is 2.20. The summed E-state index contributed by atoms with van der Waals surface area (Å²) in [7, 11) is 4.12. The zero-order chi connectivity index (χ0) is 15.1. The maximum Gasteiger partial charge on any atom is 0.0515 e. The number of hydrogen-bond donors (Lipinski definition) is 2. The third kappa shape index (κ3) is 5.51. The van der Waals surface area contributed by atoms with E-state index >= 15 is 0 Å². The maximum absolute atomic E-state index is 9.41. The minimum atomic E-state index is -0.216. The zero-order valence-electron chi connectivity index (χ0n) is 13.6. The van der Waals surface area contributed by atoms with Crippen LogP contribution in [0.3, 0.4) is 0 Å². The summed E-state index contributed by atoms with van der Waals surface area (Å²) in [5, 5.41) is 13.0. The van der Waals surface area contributed by atoms with Gasteiger partial charge in [-0.3, -0.25) is 0 Å². The second kappa shape index (κ2) is 8.28. The summed E-state index contributed by atoms with van der Waals surface area (Å²) >= 11 is 0. The molecule has 1 rings (SSSR count). The van der Waals surface area contributed by atoms with Gasteiger partial charge in [-0.15, -0.1) is 0 Å². The Morgan fingerprint density at radius 1 is 1.15 bits per heavy atom. The van der Waals surface area contributed by atoms with E-state index in [1.807, 2.05) is 6.92 Å². The van der Waals surface area contributed by atoms with Gasteiger partial charge in [-0.2, -0.15) is 0 Å². The van der Waals surface area contributed by atoms with Gasteiger partial charge in [0.25, 0.3) is 0 Å². The Kier molecular flexibility index (Phi) is 7.03. The predicted octanol–water partition coefficient (Wildman–Crippen LogP) is 3.20. The molecule has 1 aromatic rings. The first-order chi connectivity index (χ1) is 9.43. The van der Waals surface area contributed by atoms with Crippen molar-refractivity contribution in [2.24, 2.45) is 5.92 Å². The third-order valence-corrected chi connectivity index (χ3v) is 3.68. The first-order valence-corrected chi connectivity index (χ1v) is 7.62. The van der Waals surface area contributed by atoms with Gasteiger partial charge >= 0.3 is 0 Å². The van der Waals surface area contributed by atoms with E-state index in [4.69, 9.17) is 0 Å². The monoisotopic (exact) mass is 278 g/mol. The van der Waals surface area contributed by atoms with Crippen molar-refractivity contribution in [2.45, 2.75) is 45.8 Å². The van der Waals surface area contributed by atoms with Crippen molar-refractivity contribution in [3.8, 4) is 0 Å². The summed E-state index contributed by atoms with van der Waals surface area (Å²) in [6, 6.07) is 9.13. The van der Waals surface area contributed by atoms with Gasteiger partial charge in [0, 0.05) is 25.8 Å². The molecule has 0 saturated heterocycles. The predicted molar refractivity (Wildman–Crippen MR) is 87.3 cm³/mol. The van der Waals surface area contributed by atoms with Crippen molar-refractivity contribution in [2.75, 3.05) is 25.5 Å². The lowest BCUT2D eigenvalue weighted by atomic mass is 10.0. The highest BCUT2D eigenvalue weighted by atomic mass is 16.3. The molecular formula is C17H30N2O. The summed E-state index contributed by atoms with van der Waals surface area (Å²) in [5.74, 6) is 0.491. The van der Waals surface area contributed by atoms with Crippen LogP contribution in [0.2, 0.25) is 0 Å². The fraction of sp³-hybridized carbons (Fsp3) is 0.647. The molecule has 0 heterocycles. The summed E-state index contributed by atoms with van der Waals surface area (Å²) in [6.07, 6.45) is 1.71. The maximum atomic E-state index is 9.41. The Bertz CT molecular complexity index is 373. The first kappa shape index (κ1) is 17.0. The lowest BCUT2D eigenvalue weighted by molar-refractivity contribution is 0.162. The highest BCUT2D eigenvalue weighted by Gasteiger charge is 2.12. The number of aliphatic hydroxyl groups excluding tert-OH is 1. The van der Waals surface area contributed by atoms with Gasteiger partial charge in [0.1, 0.15) is 0 Å². The summed E-state index contributed by atoms with van der Waals surface area (Å²) in [4.78, 5) is 2.11. The Morgan fingerprint density at radius 2 is 1.75 bits per heavy atom. The second-order valence-electron chi connectivity index (χ2n) is 6.04. The number of anilines is 1. The van der Waals surface area contributed by atoms with Crippen LogP contribution in [-0.4, -0.2) is 31.9 Å². The van der Waals surface area contributed by atoms with Crippen molar-refractivity contribution >= 4 is 5.69 Å². The van der Waals surface area contributed by atoms with Crippen molar-refractivity contribution in [3.63, 3.8) is 0 Å². The smallest absolute Gasteiger partial charge is 0.0515 e. The first-order valence-electron chi connectivity index (χ1n) is 7.62. The Labute approximate surface area is 124 Å². The van der Waals surface area contributed by atoms with E-state index in [1.165, 1.54) is 11.3 Å². The fourth-order valence-electron chi connectivity index (χ4n) is 2.51. The largest absolute Gasteiger partial charge is 0.393 e. The molecule has 0 amide bonds. The van der Waals surface area contributed by atoms with Crippen LogP contribution in [0.25, 0.3) is 0 Å². The van der Waals surface area contributed by atoms with Gasteiger partial charge < -0.3 is 15.3 Å². The standard InChI is InChI=1S/C17H30N2O/c1-6-17(18-12-13(2)11-14(3)20)15-7-9-16(10-8-15)19(4)5/h7-10,13-14,17-18,20H,6,11-12H2,1-5H3. The molecule has 3 nitrogen and oxygen atoms in total. The van der Waals surface area contributed by atoms with Crippen LogP contribution in [0, 0.1) is 5.92 Å². The summed E-state index contributed by atoms with van der Waals surface area (Å²) in [6.45, 7) is 7.19. The lowest BCUT2D eigenvalue weighted by Gasteiger charge is -2.22. The SMILES string of the molecule is CCC(NCC(C)CC(C)O)c1ccc(N(C)C)cc1. The number of benzene rings is 1. The number of nitrogens with zero attached hydrogens (tertiary/aromatic N) is 1. The van der Waals surface area contributed by atoms with E-state index in [1.54, 1.807) is 0 Å². The third-order valence-electron chi connectivity index (χ3n) is 3.68. The average Bonchev–Trinajstić information content (AvgIpc) is 2.39. The number of hydrogen-bond acceptors (Lipinski definition) is 3. The molecule has 0 aliphatic carbocycles. The molecule has 3 unspecified atom stereocenters. The highest BCUT2D eigenvalue weighted by molar-refractivity contribution is 5.46. The molecule has 0 bridgehead atoms. The van der Waals surface area contributed by atoms with E-state index in [0.29, 0.717) is 12.0 Å². The molecule has 0 aliphatic heterocycles. The minimum Gasteiger partial charge on any atom is -0.393 e.